The van der Waals surface area contributed by atoms with Crippen LogP contribution < -0.4 is 10.1 Å². The zero-order valence-corrected chi connectivity index (χ0v) is 16.7. The Balaban J connectivity index is 1.56. The van der Waals surface area contributed by atoms with Gasteiger partial charge < -0.3 is 19.7 Å². The van der Waals surface area contributed by atoms with E-state index in [2.05, 4.69) is 10.4 Å². The monoisotopic (exact) mass is 390 g/mol. The molecule has 1 saturated heterocycles. The van der Waals surface area contributed by atoms with Crippen molar-refractivity contribution in [1.82, 2.24) is 20.0 Å². The molecule has 3 rings (SSSR count). The van der Waals surface area contributed by atoms with E-state index in [9.17, 15) is 9.18 Å². The molecule has 152 valence electrons. The molecule has 1 aliphatic rings. The number of nitrogens with one attached hydrogen (secondary N) is 1. The van der Waals surface area contributed by atoms with Crippen molar-refractivity contribution >= 4 is 6.03 Å². The highest BCUT2D eigenvalue weighted by Crippen LogP contribution is 2.20. The molecule has 28 heavy (non-hydrogen) atoms. The molecule has 8 heteroatoms. The topological polar surface area (TPSA) is 68.6 Å². The third-order valence-corrected chi connectivity index (χ3v) is 4.99. The number of benzene rings is 1. The molecule has 1 fully saturated rings. The predicted octanol–water partition coefficient (Wildman–Crippen LogP) is 2.29. The molecule has 0 bridgehead atoms. The molecule has 2 aromatic rings. The molecule has 0 aliphatic carbocycles. The van der Waals surface area contributed by atoms with Crippen molar-refractivity contribution in [3.05, 3.63) is 47.5 Å². The summed E-state index contributed by atoms with van der Waals surface area (Å²) in [6.07, 6.45) is 3.79. The second-order valence-corrected chi connectivity index (χ2v) is 7.35. The molecule has 1 aromatic heterocycles. The molecule has 7 nitrogen and oxygen atoms in total. The van der Waals surface area contributed by atoms with Crippen molar-refractivity contribution in [3.63, 3.8) is 0 Å². The Hall–Kier alpha value is -2.61. The summed E-state index contributed by atoms with van der Waals surface area (Å²) in [5.41, 5.74) is 1.89. The van der Waals surface area contributed by atoms with Gasteiger partial charge in [-0.15, -0.1) is 0 Å². The van der Waals surface area contributed by atoms with E-state index in [-0.39, 0.29) is 30.0 Å². The van der Waals surface area contributed by atoms with Crippen molar-refractivity contribution in [2.75, 3.05) is 20.3 Å². The standard InChI is InChI=1S/C20H27FN4O3/c1-13-7-16(21)6-5-15(13)8-14(2)23-20(26)25(4)18-11-27-12-19(18)28-17-9-22-24(3)10-17/h5-7,9-10,14,18-19H,8,11-12H2,1-4H3,(H,23,26)/t14?,18-,19+/m1/s1. The van der Waals surface area contributed by atoms with Gasteiger partial charge in [0.15, 0.2) is 5.75 Å². The Kier molecular flexibility index (Phi) is 6.18. The van der Waals surface area contributed by atoms with Gasteiger partial charge in [-0.25, -0.2) is 9.18 Å². The lowest BCUT2D eigenvalue weighted by Crippen LogP contribution is -2.52. The first kappa shape index (κ1) is 20.1. The van der Waals surface area contributed by atoms with Crippen molar-refractivity contribution in [2.24, 2.45) is 7.05 Å². The van der Waals surface area contributed by atoms with E-state index in [1.54, 1.807) is 35.1 Å². The van der Waals surface area contributed by atoms with Crippen LogP contribution >= 0.6 is 0 Å². The Morgan fingerprint density at radius 2 is 2.29 bits per heavy atom. The Morgan fingerprint density at radius 1 is 1.50 bits per heavy atom. The number of carbonyl (C=O) groups excluding carboxylic acids is 1. The van der Waals surface area contributed by atoms with E-state index in [0.717, 1.165) is 11.1 Å². The molecule has 1 aromatic carbocycles. The molecule has 0 spiro atoms. The number of carbonyl (C=O) groups is 1. The summed E-state index contributed by atoms with van der Waals surface area (Å²) in [6.45, 7) is 4.64. The number of halogens is 1. The molecule has 1 unspecified atom stereocenters. The zero-order chi connectivity index (χ0) is 20.3. The largest absolute Gasteiger partial charge is 0.482 e. The Labute approximate surface area is 164 Å². The number of hydrogen-bond donors (Lipinski definition) is 1. The highest BCUT2D eigenvalue weighted by Gasteiger charge is 2.36. The lowest BCUT2D eigenvalue weighted by molar-refractivity contribution is 0.122. The number of amides is 2. The lowest BCUT2D eigenvalue weighted by Gasteiger charge is -2.29. The van der Waals surface area contributed by atoms with Crippen LogP contribution in [0.4, 0.5) is 9.18 Å². The first-order valence-corrected chi connectivity index (χ1v) is 9.35. The van der Waals surface area contributed by atoms with Gasteiger partial charge in [0.1, 0.15) is 11.9 Å². The first-order chi connectivity index (χ1) is 13.3. The van der Waals surface area contributed by atoms with Crippen molar-refractivity contribution < 1.29 is 18.7 Å². The summed E-state index contributed by atoms with van der Waals surface area (Å²) in [4.78, 5) is 14.3. The Morgan fingerprint density at radius 3 is 2.96 bits per heavy atom. The number of ether oxygens (including phenoxy) is 2. The summed E-state index contributed by atoms with van der Waals surface area (Å²) in [6, 6.07) is 4.23. The Bertz CT molecular complexity index is 826. The predicted molar refractivity (Wildman–Crippen MR) is 103 cm³/mol. The van der Waals surface area contributed by atoms with Crippen molar-refractivity contribution in [3.8, 4) is 5.75 Å². The number of hydrogen-bond acceptors (Lipinski definition) is 4. The van der Waals surface area contributed by atoms with E-state index in [0.29, 0.717) is 25.4 Å². The normalized spacial score (nSPS) is 20.0. The van der Waals surface area contributed by atoms with Crippen LogP contribution in [0.15, 0.2) is 30.6 Å². The van der Waals surface area contributed by atoms with Crippen molar-refractivity contribution in [1.29, 1.82) is 0 Å². The van der Waals surface area contributed by atoms with Crippen LogP contribution in [0.2, 0.25) is 0 Å². The van der Waals surface area contributed by atoms with Crippen LogP contribution in [0.1, 0.15) is 18.1 Å². The fourth-order valence-corrected chi connectivity index (χ4v) is 3.36. The van der Waals surface area contributed by atoms with Gasteiger partial charge in [-0.05, 0) is 43.5 Å². The summed E-state index contributed by atoms with van der Waals surface area (Å²) in [5.74, 6) is 0.399. The second kappa shape index (κ2) is 8.60. The highest BCUT2D eigenvalue weighted by atomic mass is 19.1. The first-order valence-electron chi connectivity index (χ1n) is 9.35. The summed E-state index contributed by atoms with van der Waals surface area (Å²) < 4.78 is 26.4. The fourth-order valence-electron chi connectivity index (χ4n) is 3.36. The number of aryl methyl sites for hydroxylation is 2. The van der Waals surface area contributed by atoms with Crippen LogP contribution in [0.5, 0.6) is 5.75 Å². The third kappa shape index (κ3) is 4.81. The molecular weight excluding hydrogens is 363 g/mol. The average Bonchev–Trinajstić information content (AvgIpc) is 3.26. The van der Waals surface area contributed by atoms with Crippen LogP contribution in [0.3, 0.4) is 0 Å². The quantitative estimate of drug-likeness (QED) is 0.822. The smallest absolute Gasteiger partial charge is 0.317 e. The maximum Gasteiger partial charge on any atom is 0.317 e. The number of rotatable bonds is 6. The van der Waals surface area contributed by atoms with E-state index in [1.165, 1.54) is 12.1 Å². The molecule has 0 radical (unpaired) electrons. The maximum absolute atomic E-state index is 13.3. The molecule has 3 atom stereocenters. The molecule has 1 aliphatic heterocycles. The zero-order valence-electron chi connectivity index (χ0n) is 16.7. The van der Waals surface area contributed by atoms with Gasteiger partial charge in [0.05, 0.1) is 31.6 Å². The molecule has 1 N–H and O–H groups in total. The van der Waals surface area contributed by atoms with Crippen LogP contribution in [0, 0.1) is 12.7 Å². The average molecular weight is 390 g/mol. The fraction of sp³-hybridized carbons (Fsp3) is 0.500. The number of aromatic nitrogens is 2. The second-order valence-electron chi connectivity index (χ2n) is 7.35. The molecule has 0 saturated carbocycles. The molecular formula is C20H27FN4O3. The van der Waals surface area contributed by atoms with E-state index >= 15 is 0 Å². The summed E-state index contributed by atoms with van der Waals surface area (Å²) in [7, 11) is 3.56. The summed E-state index contributed by atoms with van der Waals surface area (Å²) >= 11 is 0. The van der Waals surface area contributed by atoms with Crippen LogP contribution in [-0.4, -0.2) is 59.2 Å². The van der Waals surface area contributed by atoms with Gasteiger partial charge >= 0.3 is 6.03 Å². The van der Waals surface area contributed by atoms with Gasteiger partial charge in [-0.2, -0.15) is 5.10 Å². The summed E-state index contributed by atoms with van der Waals surface area (Å²) in [5, 5.41) is 7.09. The van der Waals surface area contributed by atoms with Gasteiger partial charge in [-0.1, -0.05) is 6.07 Å². The number of urea groups is 1. The van der Waals surface area contributed by atoms with Gasteiger partial charge in [0.2, 0.25) is 0 Å². The van der Waals surface area contributed by atoms with E-state index in [1.807, 2.05) is 20.9 Å². The molecule has 2 amide bonds. The van der Waals surface area contributed by atoms with Gasteiger partial charge in [-0.3, -0.25) is 4.68 Å². The van der Waals surface area contributed by atoms with Crippen LogP contribution in [-0.2, 0) is 18.2 Å². The minimum atomic E-state index is -0.255. The van der Waals surface area contributed by atoms with Gasteiger partial charge in [0.25, 0.3) is 0 Å². The SMILES string of the molecule is Cc1cc(F)ccc1CC(C)NC(=O)N(C)[C@@H]1COC[C@@H]1Oc1cnn(C)c1. The highest BCUT2D eigenvalue weighted by molar-refractivity contribution is 5.74. The maximum atomic E-state index is 13.3. The minimum Gasteiger partial charge on any atom is -0.482 e. The lowest BCUT2D eigenvalue weighted by atomic mass is 10.0. The third-order valence-electron chi connectivity index (χ3n) is 4.99. The number of likely N-dealkylation sites (N-methyl/N-ethyl adjacent to an activating group) is 1. The van der Waals surface area contributed by atoms with E-state index < -0.39 is 0 Å². The minimum absolute atomic E-state index is 0.0980. The van der Waals surface area contributed by atoms with E-state index in [4.69, 9.17) is 9.47 Å². The van der Waals surface area contributed by atoms with Crippen LogP contribution in [0.25, 0.3) is 0 Å². The van der Waals surface area contributed by atoms with Gasteiger partial charge in [0, 0.05) is 20.1 Å². The number of nitrogens with zero attached hydrogens (tertiary/aromatic N) is 3. The van der Waals surface area contributed by atoms with Crippen molar-refractivity contribution in [2.45, 2.75) is 38.5 Å². The molecule has 2 heterocycles.